The highest BCUT2D eigenvalue weighted by Crippen LogP contribution is 2.32. The van der Waals surface area contributed by atoms with Gasteiger partial charge in [-0.15, -0.1) is 0 Å². The number of carbonyl (C=O) groups is 1. The van der Waals surface area contributed by atoms with Crippen LogP contribution in [-0.4, -0.2) is 32.7 Å². The van der Waals surface area contributed by atoms with Gasteiger partial charge in [0.25, 0.3) is 5.56 Å². The van der Waals surface area contributed by atoms with Crippen molar-refractivity contribution in [1.82, 2.24) is 14.5 Å². The van der Waals surface area contributed by atoms with Crippen molar-refractivity contribution in [3.05, 3.63) is 63.6 Å². The van der Waals surface area contributed by atoms with E-state index in [4.69, 9.17) is 4.74 Å². The maximum absolute atomic E-state index is 13.0. The minimum Gasteiger partial charge on any atom is -0.444 e. The zero-order valence-electron chi connectivity index (χ0n) is 21.0. The number of benzene rings is 1. The lowest BCUT2D eigenvalue weighted by atomic mass is 9.99. The molecule has 0 atom stereocenters. The standard InChI is InChI=1S/C28H31N5O3/c1-28(2,3)36-27(35)32-11-10-18-13-22(9-8-19(18)17-32)31-25-14-24-21(16-30-25)12-20(15-29)26(34)33(24)23-6-4-5-7-23/h8-9,12-14,16,23H,4-7,10-11,17H2,1-3H3,(H,30,31). The second-order valence-electron chi connectivity index (χ2n) is 10.7. The van der Waals surface area contributed by atoms with E-state index in [1.807, 2.05) is 45.0 Å². The molecule has 1 aliphatic heterocycles. The Morgan fingerprint density at radius 1 is 1.17 bits per heavy atom. The monoisotopic (exact) mass is 485 g/mol. The maximum Gasteiger partial charge on any atom is 0.410 e. The lowest BCUT2D eigenvalue weighted by Gasteiger charge is -2.31. The van der Waals surface area contributed by atoms with E-state index in [2.05, 4.69) is 16.4 Å². The molecule has 3 heterocycles. The van der Waals surface area contributed by atoms with Crippen LogP contribution >= 0.6 is 0 Å². The molecule has 1 aromatic carbocycles. The number of fused-ring (bicyclic) bond motifs is 2. The SMILES string of the molecule is CC(C)(C)OC(=O)N1CCc2cc(Nc3cc4c(cn3)cc(C#N)c(=O)n4C3CCCC3)ccc2C1. The van der Waals surface area contributed by atoms with Gasteiger partial charge in [0.05, 0.1) is 5.52 Å². The van der Waals surface area contributed by atoms with Crippen molar-refractivity contribution in [1.29, 1.82) is 5.26 Å². The fourth-order valence-electron chi connectivity index (χ4n) is 5.17. The molecule has 0 spiro atoms. The fourth-order valence-corrected chi connectivity index (χ4v) is 5.17. The lowest BCUT2D eigenvalue weighted by Crippen LogP contribution is -2.39. The van der Waals surface area contributed by atoms with Gasteiger partial charge in [0.1, 0.15) is 23.1 Å². The average molecular weight is 486 g/mol. The Morgan fingerprint density at radius 2 is 1.94 bits per heavy atom. The van der Waals surface area contributed by atoms with Crippen LogP contribution in [0, 0.1) is 11.3 Å². The summed E-state index contributed by atoms with van der Waals surface area (Å²) >= 11 is 0. The normalized spacial score (nSPS) is 16.0. The smallest absolute Gasteiger partial charge is 0.410 e. The molecule has 1 N–H and O–H groups in total. The summed E-state index contributed by atoms with van der Waals surface area (Å²) in [4.78, 5) is 31.8. The zero-order chi connectivity index (χ0) is 25.4. The van der Waals surface area contributed by atoms with Crippen LogP contribution < -0.4 is 10.9 Å². The molecule has 1 amide bonds. The van der Waals surface area contributed by atoms with Crippen molar-refractivity contribution in [2.24, 2.45) is 0 Å². The first kappa shape index (κ1) is 23.9. The van der Waals surface area contributed by atoms with Gasteiger partial charge in [0.15, 0.2) is 0 Å². The molecule has 8 nitrogen and oxygen atoms in total. The first-order valence-corrected chi connectivity index (χ1v) is 12.5. The molecule has 2 aliphatic rings. The molecular formula is C28H31N5O3. The van der Waals surface area contributed by atoms with Crippen molar-refractivity contribution in [2.75, 3.05) is 11.9 Å². The molecule has 0 radical (unpaired) electrons. The highest BCUT2D eigenvalue weighted by molar-refractivity contribution is 5.83. The van der Waals surface area contributed by atoms with E-state index in [-0.39, 0.29) is 23.3 Å². The minimum absolute atomic E-state index is 0.111. The predicted octanol–water partition coefficient (Wildman–Crippen LogP) is 5.42. The van der Waals surface area contributed by atoms with Gasteiger partial charge in [-0.25, -0.2) is 9.78 Å². The number of carbonyl (C=O) groups excluding carboxylic acids is 1. The first-order chi connectivity index (χ1) is 17.2. The fraction of sp³-hybridized carbons (Fsp3) is 0.429. The largest absolute Gasteiger partial charge is 0.444 e. The number of pyridine rings is 2. The maximum atomic E-state index is 13.0. The zero-order valence-corrected chi connectivity index (χ0v) is 21.0. The summed E-state index contributed by atoms with van der Waals surface area (Å²) in [6.07, 6.45) is 6.25. The molecule has 36 heavy (non-hydrogen) atoms. The molecule has 186 valence electrons. The van der Waals surface area contributed by atoms with Gasteiger partial charge in [-0.1, -0.05) is 18.9 Å². The summed E-state index contributed by atoms with van der Waals surface area (Å²) in [5.74, 6) is 0.643. The molecule has 1 saturated carbocycles. The minimum atomic E-state index is -0.517. The predicted molar refractivity (Wildman–Crippen MR) is 138 cm³/mol. The number of nitrogens with zero attached hydrogens (tertiary/aromatic N) is 4. The van der Waals surface area contributed by atoms with Crippen LogP contribution in [0.1, 0.15) is 69.2 Å². The number of aromatic nitrogens is 2. The second kappa shape index (κ2) is 9.30. The van der Waals surface area contributed by atoms with Gasteiger partial charge < -0.3 is 19.5 Å². The molecule has 8 heteroatoms. The third-order valence-corrected chi connectivity index (χ3v) is 6.87. The third-order valence-electron chi connectivity index (χ3n) is 6.87. The summed E-state index contributed by atoms with van der Waals surface area (Å²) < 4.78 is 7.32. The average Bonchev–Trinajstić information content (AvgIpc) is 3.36. The van der Waals surface area contributed by atoms with Crippen LogP contribution in [0.5, 0.6) is 0 Å². The van der Waals surface area contributed by atoms with Gasteiger partial charge in [-0.2, -0.15) is 5.26 Å². The summed E-state index contributed by atoms with van der Waals surface area (Å²) in [5, 5.41) is 13.6. The molecule has 0 unspecified atom stereocenters. The molecule has 2 aromatic heterocycles. The number of amides is 1. The van der Waals surface area contributed by atoms with E-state index < -0.39 is 5.60 Å². The Morgan fingerprint density at radius 3 is 2.67 bits per heavy atom. The molecule has 3 aromatic rings. The summed E-state index contributed by atoms with van der Waals surface area (Å²) in [6.45, 7) is 6.74. The quantitative estimate of drug-likeness (QED) is 0.532. The van der Waals surface area contributed by atoms with Crippen LogP contribution in [0.3, 0.4) is 0 Å². The lowest BCUT2D eigenvalue weighted by molar-refractivity contribution is 0.0224. The highest BCUT2D eigenvalue weighted by Gasteiger charge is 2.26. The van der Waals surface area contributed by atoms with Crippen molar-refractivity contribution in [3.8, 4) is 6.07 Å². The number of nitrogens with one attached hydrogen (secondary N) is 1. The van der Waals surface area contributed by atoms with Crippen LogP contribution in [0.25, 0.3) is 10.9 Å². The summed E-state index contributed by atoms with van der Waals surface area (Å²) in [7, 11) is 0. The van der Waals surface area contributed by atoms with Crippen LogP contribution in [0.2, 0.25) is 0 Å². The van der Waals surface area contributed by atoms with Crippen molar-refractivity contribution in [2.45, 2.75) is 71.1 Å². The first-order valence-electron chi connectivity index (χ1n) is 12.5. The van der Waals surface area contributed by atoms with E-state index in [1.54, 1.807) is 21.7 Å². The van der Waals surface area contributed by atoms with Gasteiger partial charge >= 0.3 is 6.09 Å². The highest BCUT2D eigenvalue weighted by atomic mass is 16.6. The molecule has 0 bridgehead atoms. The van der Waals surface area contributed by atoms with E-state index in [1.165, 1.54) is 5.56 Å². The van der Waals surface area contributed by atoms with Crippen LogP contribution in [-0.2, 0) is 17.7 Å². The Hall–Kier alpha value is -3.86. The van der Waals surface area contributed by atoms with Crippen molar-refractivity contribution in [3.63, 3.8) is 0 Å². The summed E-state index contributed by atoms with van der Waals surface area (Å²) in [5.41, 5.74) is 3.40. The number of hydrogen-bond donors (Lipinski definition) is 1. The number of nitriles is 1. The Balaban J connectivity index is 1.40. The van der Waals surface area contributed by atoms with E-state index >= 15 is 0 Å². The van der Waals surface area contributed by atoms with Crippen LogP contribution in [0.15, 0.2) is 41.3 Å². The van der Waals surface area contributed by atoms with E-state index in [0.717, 1.165) is 54.3 Å². The van der Waals surface area contributed by atoms with Gasteiger partial charge in [-0.05, 0) is 69.4 Å². The summed E-state index contributed by atoms with van der Waals surface area (Å²) in [6, 6.07) is 11.8. The topological polar surface area (TPSA) is 100 Å². The third kappa shape index (κ3) is 4.78. The van der Waals surface area contributed by atoms with Crippen LogP contribution in [0.4, 0.5) is 16.3 Å². The van der Waals surface area contributed by atoms with E-state index in [0.29, 0.717) is 18.9 Å². The number of hydrogen-bond acceptors (Lipinski definition) is 6. The second-order valence-corrected chi connectivity index (χ2v) is 10.7. The number of ether oxygens (including phenoxy) is 1. The molecule has 1 aliphatic carbocycles. The number of rotatable bonds is 3. The van der Waals surface area contributed by atoms with Gasteiger partial charge in [0, 0.05) is 42.5 Å². The number of anilines is 2. The van der Waals surface area contributed by atoms with Crippen molar-refractivity contribution >= 4 is 28.5 Å². The Kier molecular flexibility index (Phi) is 6.17. The van der Waals surface area contributed by atoms with E-state index in [9.17, 15) is 14.9 Å². The Labute approximate surface area is 210 Å². The molecular weight excluding hydrogens is 454 g/mol. The van der Waals surface area contributed by atoms with Gasteiger partial charge in [-0.3, -0.25) is 4.79 Å². The van der Waals surface area contributed by atoms with Crippen molar-refractivity contribution < 1.29 is 9.53 Å². The molecule has 1 fully saturated rings. The Bertz CT molecular complexity index is 1420. The van der Waals surface area contributed by atoms with Gasteiger partial charge in [0.2, 0.25) is 0 Å². The molecule has 5 rings (SSSR count). The molecule has 0 saturated heterocycles.